The topological polar surface area (TPSA) is 41.1 Å². The smallest absolute Gasteiger partial charge is 0.224 e. The molecule has 1 amide bonds. The first-order chi connectivity index (χ1) is 8.50. The fraction of sp³-hybridized carbons (Fsp3) is 0.462. The summed E-state index contributed by atoms with van der Waals surface area (Å²) in [7, 11) is 0. The number of halogens is 2. The van der Waals surface area contributed by atoms with Crippen LogP contribution in [0.15, 0.2) is 18.2 Å². The minimum Gasteiger partial charge on any atom is -0.355 e. The van der Waals surface area contributed by atoms with Gasteiger partial charge in [-0.3, -0.25) is 4.79 Å². The average molecular weight is 256 g/mol. The number of hydrogen-bond acceptors (Lipinski definition) is 2. The van der Waals surface area contributed by atoms with Crippen LogP contribution in [0.2, 0.25) is 0 Å². The van der Waals surface area contributed by atoms with E-state index in [2.05, 4.69) is 10.6 Å². The van der Waals surface area contributed by atoms with E-state index in [-0.39, 0.29) is 17.9 Å². The number of hydrogen-bond donors (Lipinski definition) is 2. The molecule has 1 aromatic rings. The maximum atomic E-state index is 13.3. The SMILES string of the molecule is CC(C)NCCNC(=O)Cc1c(F)cccc1F. The van der Waals surface area contributed by atoms with Crippen LogP contribution in [-0.2, 0) is 11.2 Å². The van der Waals surface area contributed by atoms with Crippen LogP contribution in [0.4, 0.5) is 8.78 Å². The van der Waals surface area contributed by atoms with E-state index in [1.54, 1.807) is 0 Å². The minimum atomic E-state index is -0.689. The molecule has 0 aliphatic heterocycles. The molecular weight excluding hydrogens is 238 g/mol. The Kier molecular flexibility index (Phi) is 5.71. The molecule has 100 valence electrons. The lowest BCUT2D eigenvalue weighted by molar-refractivity contribution is -0.120. The molecule has 0 atom stereocenters. The second kappa shape index (κ2) is 7.06. The molecule has 0 bridgehead atoms. The summed E-state index contributed by atoms with van der Waals surface area (Å²) in [6.45, 7) is 5.06. The Balaban J connectivity index is 2.40. The molecule has 2 N–H and O–H groups in total. The highest BCUT2D eigenvalue weighted by Gasteiger charge is 2.12. The summed E-state index contributed by atoms with van der Waals surface area (Å²) in [5, 5.41) is 5.73. The number of carbonyl (C=O) groups excluding carboxylic acids is 1. The third-order valence-corrected chi connectivity index (χ3v) is 2.40. The van der Waals surface area contributed by atoms with Crippen molar-refractivity contribution in [3.63, 3.8) is 0 Å². The van der Waals surface area contributed by atoms with Crippen LogP contribution >= 0.6 is 0 Å². The van der Waals surface area contributed by atoms with Crippen LogP contribution in [0, 0.1) is 11.6 Å². The third kappa shape index (κ3) is 4.79. The van der Waals surface area contributed by atoms with Gasteiger partial charge in [-0.05, 0) is 12.1 Å². The van der Waals surface area contributed by atoms with Gasteiger partial charge in [-0.25, -0.2) is 8.78 Å². The number of nitrogens with one attached hydrogen (secondary N) is 2. The lowest BCUT2D eigenvalue weighted by atomic mass is 10.1. The molecule has 0 aromatic heterocycles. The van der Waals surface area contributed by atoms with Crippen LogP contribution in [0.1, 0.15) is 19.4 Å². The van der Waals surface area contributed by atoms with Crippen molar-refractivity contribution in [3.05, 3.63) is 35.4 Å². The molecule has 0 saturated heterocycles. The van der Waals surface area contributed by atoms with Crippen molar-refractivity contribution in [2.45, 2.75) is 26.3 Å². The molecule has 0 heterocycles. The van der Waals surface area contributed by atoms with Gasteiger partial charge in [-0.15, -0.1) is 0 Å². The van der Waals surface area contributed by atoms with Gasteiger partial charge in [-0.2, -0.15) is 0 Å². The number of benzene rings is 1. The summed E-state index contributed by atoms with van der Waals surface area (Å²) < 4.78 is 26.5. The Morgan fingerprint density at radius 1 is 1.22 bits per heavy atom. The predicted octanol–water partition coefficient (Wildman–Crippen LogP) is 1.62. The summed E-state index contributed by atoms with van der Waals surface area (Å²) in [4.78, 5) is 11.5. The van der Waals surface area contributed by atoms with Gasteiger partial charge < -0.3 is 10.6 Å². The zero-order valence-corrected chi connectivity index (χ0v) is 10.6. The molecule has 0 unspecified atom stereocenters. The van der Waals surface area contributed by atoms with Crippen molar-refractivity contribution < 1.29 is 13.6 Å². The van der Waals surface area contributed by atoms with E-state index in [1.807, 2.05) is 13.8 Å². The van der Waals surface area contributed by atoms with E-state index in [0.717, 1.165) is 12.1 Å². The lowest BCUT2D eigenvalue weighted by Gasteiger charge is -2.09. The van der Waals surface area contributed by atoms with Crippen LogP contribution in [-0.4, -0.2) is 25.0 Å². The van der Waals surface area contributed by atoms with Crippen molar-refractivity contribution in [3.8, 4) is 0 Å². The van der Waals surface area contributed by atoms with E-state index >= 15 is 0 Å². The monoisotopic (exact) mass is 256 g/mol. The summed E-state index contributed by atoms with van der Waals surface area (Å²) in [5.41, 5.74) is -0.188. The van der Waals surface area contributed by atoms with Crippen LogP contribution in [0.25, 0.3) is 0 Å². The Morgan fingerprint density at radius 2 is 1.83 bits per heavy atom. The Morgan fingerprint density at radius 3 is 2.39 bits per heavy atom. The minimum absolute atomic E-state index is 0.188. The zero-order valence-electron chi connectivity index (χ0n) is 10.6. The van der Waals surface area contributed by atoms with Gasteiger partial charge in [0.1, 0.15) is 11.6 Å². The van der Waals surface area contributed by atoms with Crippen molar-refractivity contribution in [2.24, 2.45) is 0 Å². The second-order valence-electron chi connectivity index (χ2n) is 4.34. The highest BCUT2D eigenvalue weighted by atomic mass is 19.1. The maximum Gasteiger partial charge on any atom is 0.224 e. The molecule has 0 spiro atoms. The number of amides is 1. The molecule has 0 radical (unpaired) electrons. The first-order valence-electron chi connectivity index (χ1n) is 5.93. The molecule has 5 heteroatoms. The Labute approximate surface area is 106 Å². The maximum absolute atomic E-state index is 13.3. The van der Waals surface area contributed by atoms with Gasteiger partial charge in [-0.1, -0.05) is 19.9 Å². The second-order valence-corrected chi connectivity index (χ2v) is 4.34. The van der Waals surface area contributed by atoms with E-state index in [4.69, 9.17) is 0 Å². The van der Waals surface area contributed by atoms with E-state index in [0.29, 0.717) is 19.1 Å². The first kappa shape index (κ1) is 14.6. The van der Waals surface area contributed by atoms with Gasteiger partial charge in [0, 0.05) is 24.7 Å². The van der Waals surface area contributed by atoms with Crippen molar-refractivity contribution >= 4 is 5.91 Å². The molecule has 0 saturated carbocycles. The Hall–Kier alpha value is -1.49. The Bertz CT molecular complexity index is 388. The van der Waals surface area contributed by atoms with E-state index in [9.17, 15) is 13.6 Å². The summed E-state index contributed by atoms with van der Waals surface area (Å²) in [6, 6.07) is 3.90. The molecule has 0 aliphatic rings. The normalized spacial score (nSPS) is 10.7. The number of rotatable bonds is 6. The van der Waals surface area contributed by atoms with Gasteiger partial charge in [0.2, 0.25) is 5.91 Å². The van der Waals surface area contributed by atoms with Gasteiger partial charge >= 0.3 is 0 Å². The summed E-state index contributed by atoms with van der Waals surface area (Å²) in [5.74, 6) is -1.76. The van der Waals surface area contributed by atoms with E-state index in [1.165, 1.54) is 6.07 Å². The highest BCUT2D eigenvalue weighted by molar-refractivity contribution is 5.78. The fourth-order valence-electron chi connectivity index (χ4n) is 1.49. The van der Waals surface area contributed by atoms with Gasteiger partial charge in [0.15, 0.2) is 0 Å². The van der Waals surface area contributed by atoms with Crippen LogP contribution in [0.3, 0.4) is 0 Å². The van der Waals surface area contributed by atoms with Crippen LogP contribution in [0.5, 0.6) is 0 Å². The van der Waals surface area contributed by atoms with Gasteiger partial charge in [0.05, 0.1) is 6.42 Å². The molecule has 0 aliphatic carbocycles. The largest absolute Gasteiger partial charge is 0.355 e. The highest BCUT2D eigenvalue weighted by Crippen LogP contribution is 2.12. The zero-order chi connectivity index (χ0) is 13.5. The van der Waals surface area contributed by atoms with Crippen molar-refractivity contribution in [2.75, 3.05) is 13.1 Å². The predicted molar refractivity (Wildman–Crippen MR) is 66.2 cm³/mol. The number of carbonyl (C=O) groups is 1. The third-order valence-electron chi connectivity index (χ3n) is 2.40. The average Bonchev–Trinajstić information content (AvgIpc) is 2.29. The molecule has 0 fully saturated rings. The quantitative estimate of drug-likeness (QED) is 0.759. The van der Waals surface area contributed by atoms with Gasteiger partial charge in [0.25, 0.3) is 0 Å². The summed E-state index contributed by atoms with van der Waals surface area (Å²) in [6.07, 6.45) is -0.278. The molecule has 18 heavy (non-hydrogen) atoms. The van der Waals surface area contributed by atoms with E-state index < -0.39 is 11.6 Å². The lowest BCUT2D eigenvalue weighted by Crippen LogP contribution is -2.35. The molecule has 1 aromatic carbocycles. The standard InChI is InChI=1S/C13H18F2N2O/c1-9(2)16-6-7-17-13(18)8-10-11(14)4-3-5-12(10)15/h3-5,9,16H,6-8H2,1-2H3,(H,17,18). The molecule has 3 nitrogen and oxygen atoms in total. The van der Waals surface area contributed by atoms with Crippen molar-refractivity contribution in [1.82, 2.24) is 10.6 Å². The fourth-order valence-corrected chi connectivity index (χ4v) is 1.49. The molecule has 1 rings (SSSR count). The molecular formula is C13H18F2N2O. The van der Waals surface area contributed by atoms with Crippen molar-refractivity contribution in [1.29, 1.82) is 0 Å². The summed E-state index contributed by atoms with van der Waals surface area (Å²) >= 11 is 0. The first-order valence-corrected chi connectivity index (χ1v) is 5.93. The van der Waals surface area contributed by atoms with Crippen LogP contribution < -0.4 is 10.6 Å².